The van der Waals surface area contributed by atoms with Gasteiger partial charge in [-0.3, -0.25) is 4.79 Å². The van der Waals surface area contributed by atoms with Gasteiger partial charge in [0, 0.05) is 25.2 Å². The van der Waals surface area contributed by atoms with Crippen LogP contribution in [0.3, 0.4) is 0 Å². The molecule has 1 atom stereocenters. The SMILES string of the molecule is CC(C)c1ccc2c(c1)C(CC(=O)O)CN2C. The van der Waals surface area contributed by atoms with Crippen molar-refractivity contribution in [3.63, 3.8) is 0 Å². The minimum Gasteiger partial charge on any atom is -0.481 e. The molecule has 3 nitrogen and oxygen atoms in total. The summed E-state index contributed by atoms with van der Waals surface area (Å²) in [5.41, 5.74) is 3.66. The highest BCUT2D eigenvalue weighted by molar-refractivity contribution is 5.71. The summed E-state index contributed by atoms with van der Waals surface area (Å²) in [6, 6.07) is 6.44. The zero-order valence-electron chi connectivity index (χ0n) is 10.6. The highest BCUT2D eigenvalue weighted by Gasteiger charge is 2.28. The van der Waals surface area contributed by atoms with Crippen LogP contribution in [-0.4, -0.2) is 24.7 Å². The zero-order chi connectivity index (χ0) is 12.6. The van der Waals surface area contributed by atoms with Crippen molar-refractivity contribution in [3.8, 4) is 0 Å². The molecule has 1 aliphatic rings. The minimum absolute atomic E-state index is 0.131. The number of nitrogens with zero attached hydrogens (tertiary/aromatic N) is 1. The maximum Gasteiger partial charge on any atom is 0.304 e. The highest BCUT2D eigenvalue weighted by atomic mass is 16.4. The molecule has 0 fully saturated rings. The lowest BCUT2D eigenvalue weighted by Crippen LogP contribution is -2.16. The number of hydrogen-bond acceptors (Lipinski definition) is 2. The van der Waals surface area contributed by atoms with E-state index in [1.165, 1.54) is 16.8 Å². The van der Waals surface area contributed by atoms with E-state index in [0.717, 1.165) is 6.54 Å². The molecule has 1 aromatic rings. The van der Waals surface area contributed by atoms with E-state index in [-0.39, 0.29) is 12.3 Å². The van der Waals surface area contributed by atoms with Crippen molar-refractivity contribution in [1.29, 1.82) is 0 Å². The van der Waals surface area contributed by atoms with Crippen molar-refractivity contribution in [2.45, 2.75) is 32.1 Å². The maximum atomic E-state index is 10.9. The Bertz CT molecular complexity index is 440. The van der Waals surface area contributed by atoms with Crippen molar-refractivity contribution < 1.29 is 9.90 Å². The van der Waals surface area contributed by atoms with Crippen LogP contribution in [0.5, 0.6) is 0 Å². The monoisotopic (exact) mass is 233 g/mol. The minimum atomic E-state index is -0.716. The summed E-state index contributed by atoms with van der Waals surface area (Å²) in [5.74, 6) is -0.103. The fourth-order valence-corrected chi connectivity index (χ4v) is 2.52. The van der Waals surface area contributed by atoms with E-state index in [4.69, 9.17) is 5.11 Å². The van der Waals surface area contributed by atoms with Gasteiger partial charge in [-0.15, -0.1) is 0 Å². The van der Waals surface area contributed by atoms with Crippen molar-refractivity contribution >= 4 is 11.7 Å². The molecule has 1 aliphatic heterocycles. The lowest BCUT2D eigenvalue weighted by Gasteiger charge is -2.13. The number of anilines is 1. The topological polar surface area (TPSA) is 40.5 Å². The Hall–Kier alpha value is -1.51. The van der Waals surface area contributed by atoms with Crippen LogP contribution in [0.1, 0.15) is 43.2 Å². The summed E-state index contributed by atoms with van der Waals surface area (Å²) in [6.07, 6.45) is 0.221. The highest BCUT2D eigenvalue weighted by Crippen LogP contribution is 2.38. The van der Waals surface area contributed by atoms with Crippen LogP contribution in [0.25, 0.3) is 0 Å². The lowest BCUT2D eigenvalue weighted by atomic mass is 9.93. The van der Waals surface area contributed by atoms with Crippen LogP contribution in [0.2, 0.25) is 0 Å². The molecule has 0 aliphatic carbocycles. The zero-order valence-corrected chi connectivity index (χ0v) is 10.6. The van der Waals surface area contributed by atoms with Gasteiger partial charge in [0.15, 0.2) is 0 Å². The molecule has 0 bridgehead atoms. The Morgan fingerprint density at radius 1 is 1.53 bits per heavy atom. The second kappa shape index (κ2) is 4.40. The van der Waals surface area contributed by atoms with Crippen LogP contribution in [0.15, 0.2) is 18.2 Å². The number of fused-ring (bicyclic) bond motifs is 1. The molecule has 2 rings (SSSR count). The summed E-state index contributed by atoms with van der Waals surface area (Å²) < 4.78 is 0. The molecule has 17 heavy (non-hydrogen) atoms. The van der Waals surface area contributed by atoms with Gasteiger partial charge in [0.25, 0.3) is 0 Å². The van der Waals surface area contributed by atoms with Gasteiger partial charge >= 0.3 is 5.97 Å². The van der Waals surface area contributed by atoms with E-state index >= 15 is 0 Å². The van der Waals surface area contributed by atoms with E-state index in [1.807, 2.05) is 7.05 Å². The first-order valence-electron chi connectivity index (χ1n) is 6.05. The number of aliphatic carboxylic acids is 1. The van der Waals surface area contributed by atoms with Crippen LogP contribution < -0.4 is 4.90 Å². The van der Waals surface area contributed by atoms with E-state index in [1.54, 1.807) is 0 Å². The molecule has 92 valence electrons. The Morgan fingerprint density at radius 3 is 2.82 bits per heavy atom. The van der Waals surface area contributed by atoms with Crippen LogP contribution in [-0.2, 0) is 4.79 Å². The van der Waals surface area contributed by atoms with Crippen molar-refractivity contribution in [3.05, 3.63) is 29.3 Å². The first-order valence-corrected chi connectivity index (χ1v) is 6.05. The smallest absolute Gasteiger partial charge is 0.304 e. The number of carboxylic acids is 1. The Morgan fingerprint density at radius 2 is 2.24 bits per heavy atom. The first-order chi connectivity index (χ1) is 7.99. The molecule has 0 saturated carbocycles. The third kappa shape index (κ3) is 2.28. The number of carboxylic acid groups (broad SMARTS) is 1. The molecular weight excluding hydrogens is 214 g/mol. The molecule has 0 amide bonds. The third-order valence-electron chi connectivity index (χ3n) is 3.48. The maximum absolute atomic E-state index is 10.9. The molecule has 3 heteroatoms. The van der Waals surface area contributed by atoms with Crippen LogP contribution in [0.4, 0.5) is 5.69 Å². The molecule has 1 N–H and O–H groups in total. The quantitative estimate of drug-likeness (QED) is 0.872. The standard InChI is InChI=1S/C14H19NO2/c1-9(2)10-4-5-13-12(6-10)11(7-14(16)17)8-15(13)3/h4-6,9,11H,7-8H2,1-3H3,(H,16,17). The van der Waals surface area contributed by atoms with Crippen LogP contribution >= 0.6 is 0 Å². The molecule has 1 aromatic carbocycles. The third-order valence-corrected chi connectivity index (χ3v) is 3.48. The fourth-order valence-electron chi connectivity index (χ4n) is 2.52. The fraction of sp³-hybridized carbons (Fsp3) is 0.500. The number of likely N-dealkylation sites (N-methyl/N-ethyl adjacent to an activating group) is 1. The van der Waals surface area contributed by atoms with Crippen LogP contribution in [0, 0.1) is 0 Å². The molecule has 0 saturated heterocycles. The van der Waals surface area contributed by atoms with Gasteiger partial charge in [-0.05, 0) is 23.1 Å². The van der Waals surface area contributed by atoms with E-state index in [2.05, 4.69) is 36.9 Å². The predicted molar refractivity (Wildman–Crippen MR) is 68.8 cm³/mol. The van der Waals surface area contributed by atoms with E-state index in [9.17, 15) is 4.79 Å². The Labute approximate surface area is 102 Å². The average molecular weight is 233 g/mol. The van der Waals surface area contributed by atoms with Gasteiger partial charge in [0.2, 0.25) is 0 Å². The largest absolute Gasteiger partial charge is 0.481 e. The number of benzene rings is 1. The number of rotatable bonds is 3. The number of carbonyl (C=O) groups is 1. The molecule has 1 unspecified atom stereocenters. The van der Waals surface area contributed by atoms with Crippen molar-refractivity contribution in [1.82, 2.24) is 0 Å². The van der Waals surface area contributed by atoms with Gasteiger partial charge in [0.05, 0.1) is 6.42 Å². The summed E-state index contributed by atoms with van der Waals surface area (Å²) in [6.45, 7) is 5.13. The molecule has 0 aromatic heterocycles. The van der Waals surface area contributed by atoms with Gasteiger partial charge < -0.3 is 10.0 Å². The van der Waals surface area contributed by atoms with Gasteiger partial charge in [0.1, 0.15) is 0 Å². The predicted octanol–water partition coefficient (Wildman–Crippen LogP) is 2.82. The summed E-state index contributed by atoms with van der Waals surface area (Å²) in [5, 5.41) is 8.95. The van der Waals surface area contributed by atoms with Crippen molar-refractivity contribution in [2.75, 3.05) is 18.5 Å². The second-order valence-corrected chi connectivity index (χ2v) is 5.15. The average Bonchev–Trinajstić information content (AvgIpc) is 2.54. The van der Waals surface area contributed by atoms with E-state index in [0.29, 0.717) is 5.92 Å². The van der Waals surface area contributed by atoms with E-state index < -0.39 is 5.97 Å². The molecular formula is C14H19NO2. The molecule has 0 radical (unpaired) electrons. The van der Waals surface area contributed by atoms with Gasteiger partial charge in [-0.2, -0.15) is 0 Å². The van der Waals surface area contributed by atoms with Crippen molar-refractivity contribution in [2.24, 2.45) is 0 Å². The summed E-state index contributed by atoms with van der Waals surface area (Å²) in [7, 11) is 2.02. The Kier molecular flexibility index (Phi) is 3.09. The summed E-state index contributed by atoms with van der Waals surface area (Å²) in [4.78, 5) is 13.0. The lowest BCUT2D eigenvalue weighted by molar-refractivity contribution is -0.137. The first kappa shape index (κ1) is 12.0. The molecule has 1 heterocycles. The van der Waals surface area contributed by atoms with Gasteiger partial charge in [-0.1, -0.05) is 26.0 Å². The van der Waals surface area contributed by atoms with Gasteiger partial charge in [-0.25, -0.2) is 0 Å². The second-order valence-electron chi connectivity index (χ2n) is 5.15. The number of hydrogen-bond donors (Lipinski definition) is 1. The normalized spacial score (nSPS) is 18.6. The Balaban J connectivity index is 2.36. The molecule has 0 spiro atoms. The summed E-state index contributed by atoms with van der Waals surface area (Å²) >= 11 is 0.